The number of rotatable bonds is 4. The van der Waals surface area contributed by atoms with Gasteiger partial charge in [-0.3, -0.25) is 9.59 Å². The van der Waals surface area contributed by atoms with Crippen LogP contribution in [0.5, 0.6) is 0 Å². The summed E-state index contributed by atoms with van der Waals surface area (Å²) in [6.07, 6.45) is 1.53. The zero-order chi connectivity index (χ0) is 21.5. The number of furan rings is 1. The molecule has 1 aliphatic heterocycles. The maximum absolute atomic E-state index is 13.1. The van der Waals surface area contributed by atoms with Crippen molar-refractivity contribution in [1.82, 2.24) is 4.90 Å². The summed E-state index contributed by atoms with van der Waals surface area (Å²) in [5.74, 6) is -0.915. The topological polar surface area (TPSA) is 70.8 Å². The van der Waals surface area contributed by atoms with Gasteiger partial charge in [0.25, 0.3) is 11.7 Å². The molecule has 31 heavy (non-hydrogen) atoms. The molecule has 1 unspecified atom stereocenters. The van der Waals surface area contributed by atoms with E-state index in [1.54, 1.807) is 18.2 Å². The molecule has 1 saturated heterocycles. The maximum Gasteiger partial charge on any atom is 0.296 e. The first-order valence-electron chi connectivity index (χ1n) is 9.88. The van der Waals surface area contributed by atoms with Crippen molar-refractivity contribution < 1.29 is 19.1 Å². The zero-order valence-corrected chi connectivity index (χ0v) is 17.6. The molecule has 0 saturated carbocycles. The smallest absolute Gasteiger partial charge is 0.296 e. The summed E-state index contributed by atoms with van der Waals surface area (Å²) in [5.41, 5.74) is 1.58. The molecule has 1 amide bonds. The molecule has 5 rings (SSSR count). The zero-order valence-electron chi connectivity index (χ0n) is 16.7. The Morgan fingerprint density at radius 1 is 1.06 bits per heavy atom. The molecule has 3 heterocycles. The molecule has 0 radical (unpaired) electrons. The van der Waals surface area contributed by atoms with Crippen LogP contribution in [0.4, 0.5) is 0 Å². The SMILES string of the molecule is Cc1ccsc1C1/C(=C(/O)c2ccc3ccccc3c2)C(=O)C(=O)N1Cc1ccco1. The second kappa shape index (κ2) is 7.56. The molecule has 6 heteroatoms. The van der Waals surface area contributed by atoms with Crippen LogP contribution in [0.15, 0.2) is 82.3 Å². The first-order valence-corrected chi connectivity index (χ1v) is 10.8. The van der Waals surface area contributed by atoms with Crippen molar-refractivity contribution in [2.24, 2.45) is 0 Å². The lowest BCUT2D eigenvalue weighted by atomic mass is 9.97. The predicted octanol–water partition coefficient (Wildman–Crippen LogP) is 5.42. The van der Waals surface area contributed by atoms with Gasteiger partial charge in [0.15, 0.2) is 0 Å². The van der Waals surface area contributed by atoms with Gasteiger partial charge >= 0.3 is 0 Å². The number of aliphatic hydroxyl groups is 1. The number of carbonyl (C=O) groups is 2. The van der Waals surface area contributed by atoms with Gasteiger partial charge in [-0.25, -0.2) is 0 Å². The number of thiophene rings is 1. The average molecular weight is 429 g/mol. The normalized spacial score (nSPS) is 18.2. The van der Waals surface area contributed by atoms with Gasteiger partial charge in [-0.1, -0.05) is 36.4 Å². The Labute approximate surface area is 182 Å². The van der Waals surface area contributed by atoms with Gasteiger partial charge in [0.05, 0.1) is 18.4 Å². The van der Waals surface area contributed by atoms with Crippen molar-refractivity contribution in [3.05, 3.63) is 99.6 Å². The van der Waals surface area contributed by atoms with Crippen LogP contribution < -0.4 is 0 Å². The lowest BCUT2D eigenvalue weighted by Crippen LogP contribution is -2.28. The number of nitrogens with zero attached hydrogens (tertiary/aromatic N) is 1. The fraction of sp³-hybridized carbons (Fsp3) is 0.120. The number of Topliss-reactive ketones (excluding diaryl/α,β-unsaturated/α-hetero) is 1. The third kappa shape index (κ3) is 3.25. The molecule has 1 N–H and O–H groups in total. The first kappa shape index (κ1) is 19.3. The summed E-state index contributed by atoms with van der Waals surface area (Å²) in [6.45, 7) is 2.09. The lowest BCUT2D eigenvalue weighted by Gasteiger charge is -2.24. The standard InChI is InChI=1S/C25H19NO4S/c1-15-10-12-31-24(15)21-20(23(28)25(29)26(21)14-19-7-4-11-30-19)22(27)18-9-8-16-5-2-3-6-17(16)13-18/h2-13,21,27H,14H2,1H3/b22-20-. The molecule has 4 aromatic rings. The number of ketones is 1. The second-order valence-electron chi connectivity index (χ2n) is 7.54. The van der Waals surface area contributed by atoms with E-state index in [0.29, 0.717) is 11.3 Å². The quantitative estimate of drug-likeness (QED) is 0.267. The van der Waals surface area contributed by atoms with Crippen molar-refractivity contribution in [1.29, 1.82) is 0 Å². The number of aliphatic hydroxyl groups excluding tert-OH is 1. The van der Waals surface area contributed by atoms with Gasteiger partial charge in [-0.05, 0) is 52.9 Å². The number of aryl methyl sites for hydroxylation is 1. The maximum atomic E-state index is 13.1. The van der Waals surface area contributed by atoms with Gasteiger partial charge in [-0.15, -0.1) is 11.3 Å². The Balaban J connectivity index is 1.67. The van der Waals surface area contributed by atoms with E-state index in [9.17, 15) is 14.7 Å². The summed E-state index contributed by atoms with van der Waals surface area (Å²) in [7, 11) is 0. The number of likely N-dealkylation sites (tertiary alicyclic amines) is 1. The molecular formula is C25H19NO4S. The van der Waals surface area contributed by atoms with Crippen LogP contribution in [0.2, 0.25) is 0 Å². The van der Waals surface area contributed by atoms with Crippen LogP contribution in [-0.2, 0) is 16.1 Å². The van der Waals surface area contributed by atoms with Crippen LogP contribution in [0.25, 0.3) is 16.5 Å². The highest BCUT2D eigenvalue weighted by molar-refractivity contribution is 7.10. The molecule has 0 spiro atoms. The number of hydrogen-bond acceptors (Lipinski definition) is 5. The van der Waals surface area contributed by atoms with E-state index in [0.717, 1.165) is 21.2 Å². The van der Waals surface area contributed by atoms with Crippen LogP contribution in [0, 0.1) is 6.92 Å². The summed E-state index contributed by atoms with van der Waals surface area (Å²) >= 11 is 1.46. The van der Waals surface area contributed by atoms with E-state index in [1.807, 2.05) is 54.8 Å². The summed E-state index contributed by atoms with van der Waals surface area (Å²) in [4.78, 5) is 28.4. The molecular weight excluding hydrogens is 410 g/mol. The first-order chi connectivity index (χ1) is 15.0. The summed E-state index contributed by atoms with van der Waals surface area (Å²) in [6, 6.07) is 18.1. The number of fused-ring (bicyclic) bond motifs is 1. The van der Waals surface area contributed by atoms with E-state index < -0.39 is 17.7 Å². The molecule has 2 aromatic carbocycles. The highest BCUT2D eigenvalue weighted by atomic mass is 32.1. The molecule has 0 bridgehead atoms. The monoisotopic (exact) mass is 429 g/mol. The minimum Gasteiger partial charge on any atom is -0.507 e. The van der Waals surface area contributed by atoms with Crippen LogP contribution in [0.3, 0.4) is 0 Å². The van der Waals surface area contributed by atoms with Gasteiger partial charge in [0.1, 0.15) is 17.6 Å². The Hall–Kier alpha value is -3.64. The van der Waals surface area contributed by atoms with Crippen molar-refractivity contribution in [3.63, 3.8) is 0 Å². The Bertz CT molecular complexity index is 1330. The van der Waals surface area contributed by atoms with Crippen molar-refractivity contribution in [2.45, 2.75) is 19.5 Å². The number of benzene rings is 2. The molecule has 0 aliphatic carbocycles. The predicted molar refractivity (Wildman–Crippen MR) is 120 cm³/mol. The van der Waals surface area contributed by atoms with Crippen molar-refractivity contribution >= 4 is 39.6 Å². The van der Waals surface area contributed by atoms with E-state index in [-0.39, 0.29) is 17.9 Å². The third-order valence-corrected chi connectivity index (χ3v) is 6.69. The van der Waals surface area contributed by atoms with Gasteiger partial charge in [0.2, 0.25) is 0 Å². The molecule has 154 valence electrons. The van der Waals surface area contributed by atoms with E-state index in [4.69, 9.17) is 4.42 Å². The van der Waals surface area contributed by atoms with E-state index in [2.05, 4.69) is 0 Å². The minimum absolute atomic E-state index is 0.109. The number of amides is 1. The molecule has 2 aromatic heterocycles. The molecule has 1 fully saturated rings. The van der Waals surface area contributed by atoms with Crippen LogP contribution in [0.1, 0.15) is 27.8 Å². The fourth-order valence-corrected chi connectivity index (χ4v) is 5.09. The molecule has 1 atom stereocenters. The van der Waals surface area contributed by atoms with Crippen molar-refractivity contribution in [2.75, 3.05) is 0 Å². The van der Waals surface area contributed by atoms with Crippen LogP contribution >= 0.6 is 11.3 Å². The lowest BCUT2D eigenvalue weighted by molar-refractivity contribution is -0.140. The fourth-order valence-electron chi connectivity index (χ4n) is 4.04. The number of carbonyl (C=O) groups excluding carboxylic acids is 2. The molecule has 5 nitrogen and oxygen atoms in total. The Morgan fingerprint density at radius 2 is 1.87 bits per heavy atom. The van der Waals surface area contributed by atoms with E-state index in [1.165, 1.54) is 22.5 Å². The van der Waals surface area contributed by atoms with Gasteiger partial charge in [-0.2, -0.15) is 0 Å². The summed E-state index contributed by atoms with van der Waals surface area (Å²) < 4.78 is 5.42. The largest absolute Gasteiger partial charge is 0.507 e. The second-order valence-corrected chi connectivity index (χ2v) is 8.48. The van der Waals surface area contributed by atoms with Gasteiger partial charge in [0, 0.05) is 10.4 Å². The van der Waals surface area contributed by atoms with E-state index >= 15 is 0 Å². The third-order valence-electron chi connectivity index (χ3n) is 5.62. The number of hydrogen-bond donors (Lipinski definition) is 1. The minimum atomic E-state index is -0.685. The average Bonchev–Trinajstić information content (AvgIpc) is 3.50. The molecule has 1 aliphatic rings. The Kier molecular flexibility index (Phi) is 4.71. The Morgan fingerprint density at radius 3 is 2.58 bits per heavy atom. The highest BCUT2D eigenvalue weighted by Crippen LogP contribution is 2.43. The van der Waals surface area contributed by atoms with Crippen LogP contribution in [-0.4, -0.2) is 21.7 Å². The van der Waals surface area contributed by atoms with Gasteiger partial charge < -0.3 is 14.4 Å². The summed E-state index contributed by atoms with van der Waals surface area (Å²) in [5, 5.41) is 15.1. The highest BCUT2D eigenvalue weighted by Gasteiger charge is 2.47. The van der Waals surface area contributed by atoms with Crippen molar-refractivity contribution in [3.8, 4) is 0 Å².